The lowest BCUT2D eigenvalue weighted by Gasteiger charge is -2.32. The third-order valence-electron chi connectivity index (χ3n) is 4.39. The van der Waals surface area contributed by atoms with E-state index in [0.717, 1.165) is 12.1 Å². The highest BCUT2D eigenvalue weighted by molar-refractivity contribution is 9.10. The van der Waals surface area contributed by atoms with Gasteiger partial charge in [-0.3, -0.25) is 0 Å². The molecule has 26 heavy (non-hydrogen) atoms. The van der Waals surface area contributed by atoms with E-state index < -0.39 is 30.0 Å². The van der Waals surface area contributed by atoms with Crippen LogP contribution in [0.15, 0.2) is 40.9 Å². The fourth-order valence-electron chi connectivity index (χ4n) is 2.16. The first-order valence-electron chi connectivity index (χ1n) is 7.91. The molecule has 2 aromatic carbocycles. The first-order valence-corrected chi connectivity index (χ1v) is 8.70. The SMILES string of the molecule is CC1(C)OB(c2ccc(O)cc2F)OC1(C)C.Oc1ccc(Br)c(F)c1. The predicted molar refractivity (Wildman–Crippen MR) is 99.5 cm³/mol. The Morgan fingerprint density at radius 2 is 1.31 bits per heavy atom. The number of hydrogen-bond donors (Lipinski definition) is 2. The minimum absolute atomic E-state index is 0.0595. The van der Waals surface area contributed by atoms with Crippen molar-refractivity contribution in [3.05, 3.63) is 52.5 Å². The van der Waals surface area contributed by atoms with E-state index in [1.165, 1.54) is 24.3 Å². The summed E-state index contributed by atoms with van der Waals surface area (Å²) in [6.07, 6.45) is 0. The molecule has 0 amide bonds. The molecule has 0 bridgehead atoms. The van der Waals surface area contributed by atoms with E-state index in [2.05, 4.69) is 15.9 Å². The maximum absolute atomic E-state index is 13.7. The fourth-order valence-corrected chi connectivity index (χ4v) is 2.41. The van der Waals surface area contributed by atoms with Crippen LogP contribution in [0, 0.1) is 11.6 Å². The van der Waals surface area contributed by atoms with Crippen LogP contribution in [-0.2, 0) is 9.31 Å². The van der Waals surface area contributed by atoms with Crippen LogP contribution in [0.4, 0.5) is 8.78 Å². The lowest BCUT2D eigenvalue weighted by atomic mass is 9.78. The van der Waals surface area contributed by atoms with Crippen LogP contribution in [0.25, 0.3) is 0 Å². The van der Waals surface area contributed by atoms with Gasteiger partial charge in [0.2, 0.25) is 0 Å². The Balaban J connectivity index is 0.000000228. The van der Waals surface area contributed by atoms with Gasteiger partial charge in [-0.05, 0) is 61.8 Å². The summed E-state index contributed by atoms with van der Waals surface area (Å²) in [4.78, 5) is 0. The van der Waals surface area contributed by atoms with Crippen molar-refractivity contribution in [3.8, 4) is 11.5 Å². The van der Waals surface area contributed by atoms with Gasteiger partial charge in [-0.15, -0.1) is 0 Å². The molecule has 2 N–H and O–H groups in total. The number of hydrogen-bond acceptors (Lipinski definition) is 4. The van der Waals surface area contributed by atoms with Crippen LogP contribution in [0.2, 0.25) is 0 Å². The molecule has 8 heteroatoms. The smallest absolute Gasteiger partial charge is 0.497 e. The number of rotatable bonds is 1. The second-order valence-electron chi connectivity index (χ2n) is 6.89. The summed E-state index contributed by atoms with van der Waals surface area (Å²) in [7, 11) is -0.736. The molecular weight excluding hydrogens is 409 g/mol. The summed E-state index contributed by atoms with van der Waals surface area (Å²) in [5, 5.41) is 17.8. The van der Waals surface area contributed by atoms with Crippen molar-refractivity contribution < 1.29 is 28.3 Å². The molecule has 1 fully saturated rings. The van der Waals surface area contributed by atoms with E-state index >= 15 is 0 Å². The van der Waals surface area contributed by atoms with Crippen molar-refractivity contribution >= 4 is 28.5 Å². The van der Waals surface area contributed by atoms with Gasteiger partial charge in [0.1, 0.15) is 23.1 Å². The molecule has 0 aromatic heterocycles. The van der Waals surface area contributed by atoms with Gasteiger partial charge < -0.3 is 19.5 Å². The van der Waals surface area contributed by atoms with Gasteiger partial charge >= 0.3 is 7.12 Å². The molecule has 0 unspecified atom stereocenters. The second kappa shape index (κ2) is 7.54. The molecule has 1 saturated heterocycles. The van der Waals surface area contributed by atoms with E-state index in [1.54, 1.807) is 0 Å². The largest absolute Gasteiger partial charge is 0.508 e. The highest BCUT2D eigenvalue weighted by atomic mass is 79.9. The van der Waals surface area contributed by atoms with Gasteiger partial charge in [-0.1, -0.05) is 6.07 Å². The molecule has 0 radical (unpaired) electrons. The molecular formula is C18H20BBrF2O4. The first-order chi connectivity index (χ1) is 11.9. The summed E-state index contributed by atoms with van der Waals surface area (Å²) in [6.45, 7) is 7.63. The van der Waals surface area contributed by atoms with Crippen LogP contribution < -0.4 is 5.46 Å². The Labute approximate surface area is 160 Å². The second-order valence-corrected chi connectivity index (χ2v) is 7.75. The zero-order valence-corrected chi connectivity index (χ0v) is 16.5. The average Bonchev–Trinajstić information content (AvgIpc) is 2.72. The molecule has 0 spiro atoms. The third kappa shape index (κ3) is 4.55. The summed E-state index contributed by atoms with van der Waals surface area (Å²) >= 11 is 2.94. The fraction of sp³-hybridized carbons (Fsp3) is 0.333. The van der Waals surface area contributed by atoms with Crippen molar-refractivity contribution in [1.82, 2.24) is 0 Å². The van der Waals surface area contributed by atoms with Gasteiger partial charge in [-0.2, -0.15) is 0 Å². The Kier molecular flexibility index (Phi) is 6.00. The van der Waals surface area contributed by atoms with E-state index in [9.17, 15) is 8.78 Å². The molecule has 1 aliphatic heterocycles. The molecule has 0 saturated carbocycles. The number of phenols is 2. The molecule has 3 rings (SSSR count). The highest BCUT2D eigenvalue weighted by Crippen LogP contribution is 2.36. The van der Waals surface area contributed by atoms with Crippen molar-refractivity contribution in [2.45, 2.75) is 38.9 Å². The molecule has 2 aromatic rings. The van der Waals surface area contributed by atoms with Crippen LogP contribution in [0.3, 0.4) is 0 Å². The van der Waals surface area contributed by atoms with E-state index in [-0.39, 0.29) is 11.5 Å². The Bertz CT molecular complexity index is 783. The molecule has 0 atom stereocenters. The minimum atomic E-state index is -0.736. The zero-order chi connectivity index (χ0) is 19.7. The van der Waals surface area contributed by atoms with Crippen LogP contribution in [0.5, 0.6) is 11.5 Å². The van der Waals surface area contributed by atoms with Crippen molar-refractivity contribution in [2.24, 2.45) is 0 Å². The van der Waals surface area contributed by atoms with E-state index in [1.807, 2.05) is 27.7 Å². The van der Waals surface area contributed by atoms with Crippen LogP contribution in [0.1, 0.15) is 27.7 Å². The lowest BCUT2D eigenvalue weighted by molar-refractivity contribution is 0.00578. The van der Waals surface area contributed by atoms with Crippen molar-refractivity contribution in [3.63, 3.8) is 0 Å². The van der Waals surface area contributed by atoms with Gasteiger partial charge in [0.15, 0.2) is 0 Å². The predicted octanol–water partition coefficient (Wildman–Crippen LogP) is 4.12. The standard InChI is InChI=1S/C12H16BFO3.C6H4BrFO/c1-11(2)12(3,4)17-13(16-11)9-6-5-8(15)7-10(9)14;7-5-2-1-4(9)3-6(5)8/h5-7,15H,1-4H3;1-3,9H. The Morgan fingerprint density at radius 3 is 1.73 bits per heavy atom. The summed E-state index contributed by atoms with van der Waals surface area (Å²) in [5.41, 5.74) is -0.689. The first kappa shape index (κ1) is 20.7. The maximum atomic E-state index is 13.7. The monoisotopic (exact) mass is 428 g/mol. The quantitative estimate of drug-likeness (QED) is 0.670. The number of aromatic hydroxyl groups is 2. The zero-order valence-electron chi connectivity index (χ0n) is 14.9. The lowest BCUT2D eigenvalue weighted by Crippen LogP contribution is -2.41. The average molecular weight is 429 g/mol. The Hall–Kier alpha value is -1.64. The number of phenolic OH excluding ortho intramolecular Hbond substituents is 2. The molecule has 140 valence electrons. The van der Waals surface area contributed by atoms with Crippen molar-refractivity contribution in [2.75, 3.05) is 0 Å². The maximum Gasteiger partial charge on any atom is 0.497 e. The third-order valence-corrected chi connectivity index (χ3v) is 5.04. The highest BCUT2D eigenvalue weighted by Gasteiger charge is 2.52. The molecule has 1 aliphatic rings. The summed E-state index contributed by atoms with van der Waals surface area (Å²) in [6, 6.07) is 7.86. The van der Waals surface area contributed by atoms with E-state index in [4.69, 9.17) is 19.5 Å². The molecule has 1 heterocycles. The normalized spacial score (nSPS) is 17.6. The molecule has 4 nitrogen and oxygen atoms in total. The number of halogens is 3. The van der Waals surface area contributed by atoms with Gasteiger partial charge in [0.05, 0.1) is 15.7 Å². The van der Waals surface area contributed by atoms with Gasteiger partial charge in [-0.25, -0.2) is 8.78 Å². The summed E-state index contributed by atoms with van der Waals surface area (Å²) in [5.74, 6) is -1.14. The summed E-state index contributed by atoms with van der Waals surface area (Å²) < 4.78 is 37.9. The topological polar surface area (TPSA) is 58.9 Å². The Morgan fingerprint density at radius 1 is 0.846 bits per heavy atom. The minimum Gasteiger partial charge on any atom is -0.508 e. The van der Waals surface area contributed by atoms with Crippen LogP contribution >= 0.6 is 15.9 Å². The van der Waals surface area contributed by atoms with E-state index in [0.29, 0.717) is 9.94 Å². The number of benzene rings is 2. The van der Waals surface area contributed by atoms with Crippen LogP contribution in [-0.4, -0.2) is 28.5 Å². The van der Waals surface area contributed by atoms with Gasteiger partial charge in [0, 0.05) is 17.6 Å². The van der Waals surface area contributed by atoms with Gasteiger partial charge in [0.25, 0.3) is 0 Å². The molecule has 0 aliphatic carbocycles. The van der Waals surface area contributed by atoms with Crippen molar-refractivity contribution in [1.29, 1.82) is 0 Å².